The zero-order chi connectivity index (χ0) is 63.8. The van der Waals surface area contributed by atoms with Gasteiger partial charge in [-0.2, -0.15) is 0 Å². The molecule has 3 aliphatic rings. The number of phenols is 2. The van der Waals surface area contributed by atoms with Gasteiger partial charge >= 0.3 is 6.09 Å². The number of ether oxygens (including phenoxy) is 3. The zero-order valence-electron chi connectivity index (χ0n) is 52.3. The van der Waals surface area contributed by atoms with Gasteiger partial charge in [0.1, 0.15) is 52.8 Å². The lowest BCUT2D eigenvalue weighted by Gasteiger charge is -2.31. The van der Waals surface area contributed by atoms with Crippen molar-refractivity contribution < 1.29 is 58.0 Å². The molecule has 5 atom stereocenters. The second kappa shape index (κ2) is 31.2. The number of hydrogen-bond donors (Lipinski definition) is 7. The Balaban J connectivity index is 0.930. The van der Waals surface area contributed by atoms with Crippen LogP contribution in [0.15, 0.2) is 102 Å². The molecule has 0 radical (unpaired) electrons. The molecular weight excluding hydrogens is 1140 g/mol. The molecule has 478 valence electrons. The number of carbonyl (C=O) groups excluding carboxylic acids is 6. The summed E-state index contributed by atoms with van der Waals surface area (Å²) in [7, 11) is 0. The van der Waals surface area contributed by atoms with Gasteiger partial charge in [-0.1, -0.05) is 107 Å². The van der Waals surface area contributed by atoms with Gasteiger partial charge in [0.2, 0.25) is 29.5 Å². The van der Waals surface area contributed by atoms with Crippen molar-refractivity contribution in [2.45, 2.75) is 142 Å². The number of oxime groups is 1. The number of epoxide rings is 1. The fourth-order valence-corrected chi connectivity index (χ4v) is 11.0. The molecule has 0 aliphatic carbocycles. The number of aromatic nitrogens is 3. The van der Waals surface area contributed by atoms with Crippen LogP contribution in [0.3, 0.4) is 0 Å². The van der Waals surface area contributed by atoms with Gasteiger partial charge in [-0.05, 0) is 104 Å². The topological polar surface area (TPSA) is 293 Å². The van der Waals surface area contributed by atoms with Crippen LogP contribution in [0.1, 0.15) is 121 Å². The summed E-state index contributed by atoms with van der Waals surface area (Å²) in [6.07, 6.45) is 1.46. The highest BCUT2D eigenvalue weighted by Crippen LogP contribution is 2.39. The number of amides is 6. The number of rotatable bonds is 28. The number of benzene rings is 4. The van der Waals surface area contributed by atoms with E-state index in [0.717, 1.165) is 11.1 Å². The zero-order valence-corrected chi connectivity index (χ0v) is 52.3. The molecule has 5 aromatic rings. The van der Waals surface area contributed by atoms with Crippen LogP contribution in [0, 0.1) is 11.8 Å². The van der Waals surface area contributed by atoms with Gasteiger partial charge < -0.3 is 55.9 Å². The van der Waals surface area contributed by atoms with Crippen LogP contribution in [-0.2, 0) is 46.3 Å². The predicted octanol–water partition coefficient (Wildman–Crippen LogP) is 6.58. The first-order chi connectivity index (χ1) is 42.7. The van der Waals surface area contributed by atoms with Crippen LogP contribution in [0.5, 0.6) is 17.2 Å². The molecule has 0 unspecified atom stereocenters. The molecule has 0 spiro atoms. The van der Waals surface area contributed by atoms with Crippen molar-refractivity contribution in [3.63, 3.8) is 0 Å². The number of likely N-dealkylation sites (tertiary alicyclic amines) is 1. The van der Waals surface area contributed by atoms with Crippen molar-refractivity contribution >= 4 is 41.3 Å². The van der Waals surface area contributed by atoms with Crippen LogP contribution in [0.25, 0.3) is 17.1 Å². The first kappa shape index (κ1) is 66.5. The predicted molar refractivity (Wildman–Crippen MR) is 335 cm³/mol. The third kappa shape index (κ3) is 18.6. The maximum Gasteiger partial charge on any atom is 0.435 e. The van der Waals surface area contributed by atoms with Crippen molar-refractivity contribution in [2.24, 2.45) is 17.0 Å². The van der Waals surface area contributed by atoms with E-state index >= 15 is 0 Å². The maximum absolute atomic E-state index is 14.9. The Kier molecular flexibility index (Phi) is 23.3. The minimum atomic E-state index is -1.13. The second-order valence-electron chi connectivity index (χ2n) is 24.4. The van der Waals surface area contributed by atoms with Crippen molar-refractivity contribution in [1.29, 1.82) is 0 Å². The van der Waals surface area contributed by atoms with Crippen molar-refractivity contribution in [2.75, 3.05) is 59.1 Å². The quantitative estimate of drug-likeness (QED) is 0.0120. The van der Waals surface area contributed by atoms with E-state index in [0.29, 0.717) is 81.2 Å². The Morgan fingerprint density at radius 3 is 1.93 bits per heavy atom. The standard InChI is InChI=1S/C66H87N11O12/c1-9-67-64(84)60-73-72-59(50-37-49(43(6)7)55(78)38-56(50)79)77(60)46-21-23-47(24-22-46)88-48-26-28-76(29-27-48)65(85)89-74-58(66(8)40-87-66)52(34-41(2)3)69-63(83)54(36-45-18-14-11-15-19-45)71-62(82)53(35-42(4)5)70-61(81)51(25-20-44-16-12-10-13-17-44)68-57(80)39-75-30-32-86-33-31-75/h10-19,21-24,37-38,41-43,48,51-54,78-79H,9,20,25-36,39-40H2,1-8H3,(H,67,84)(H,68,80)(H,69,83)(H,70,81)(H,71,82)/b74-58-/t51-,52-,53-,54-,66+/m0/s1. The van der Waals surface area contributed by atoms with Gasteiger partial charge in [0.05, 0.1) is 38.0 Å². The van der Waals surface area contributed by atoms with E-state index in [1.165, 1.54) is 10.6 Å². The number of phenolic OH excluding ortho intramolecular Hbond substituents is 2. The molecule has 3 fully saturated rings. The van der Waals surface area contributed by atoms with Crippen LogP contribution in [0.2, 0.25) is 0 Å². The Morgan fingerprint density at radius 1 is 0.719 bits per heavy atom. The largest absolute Gasteiger partial charge is 0.508 e. The first-order valence-electron chi connectivity index (χ1n) is 31.0. The summed E-state index contributed by atoms with van der Waals surface area (Å²) in [5, 5.41) is 49.3. The van der Waals surface area contributed by atoms with Crippen LogP contribution in [0.4, 0.5) is 4.79 Å². The normalized spacial score (nSPS) is 17.7. The summed E-state index contributed by atoms with van der Waals surface area (Å²) in [6.45, 7) is 18.8. The lowest BCUT2D eigenvalue weighted by molar-refractivity contribution is -0.134. The summed E-state index contributed by atoms with van der Waals surface area (Å²) in [6, 6.07) is 24.9. The molecule has 4 heterocycles. The lowest BCUT2D eigenvalue weighted by Crippen LogP contribution is -2.59. The smallest absolute Gasteiger partial charge is 0.435 e. The number of piperidine rings is 1. The molecule has 3 aliphatic heterocycles. The minimum Gasteiger partial charge on any atom is -0.508 e. The highest BCUT2D eigenvalue weighted by atomic mass is 16.7. The van der Waals surface area contributed by atoms with E-state index in [1.807, 2.05) is 114 Å². The Morgan fingerprint density at radius 2 is 1.31 bits per heavy atom. The van der Waals surface area contributed by atoms with E-state index in [9.17, 15) is 39.0 Å². The Hall–Kier alpha value is -8.41. The molecule has 23 heteroatoms. The molecule has 1 aromatic heterocycles. The number of aryl methyl sites for hydroxylation is 1. The molecule has 8 rings (SSSR count). The number of carbonyl (C=O) groups is 6. The highest BCUT2D eigenvalue weighted by molar-refractivity contribution is 6.02. The average Bonchev–Trinajstić information content (AvgIpc) is 2.51. The SMILES string of the molecule is CCNC(=O)c1nnc(-c2cc(C(C)C)c(O)cc2O)n1-c1ccc(OC2CCN(C(=O)O/N=C(/[C@H](CC(C)C)NC(=O)[C@H](Cc3ccccc3)NC(=O)[C@H](CC(C)C)NC(=O)[C@H](CCc3ccccc3)NC(=O)CN3CCOCC3)[C@@]3(C)CO3)CC2)cc1. The van der Waals surface area contributed by atoms with Crippen LogP contribution >= 0.6 is 0 Å². The van der Waals surface area contributed by atoms with Crippen LogP contribution in [-0.4, -0.2) is 171 Å². The summed E-state index contributed by atoms with van der Waals surface area (Å²) in [5.74, 6) is -2.07. The van der Waals surface area contributed by atoms with E-state index in [1.54, 1.807) is 42.2 Å². The number of hydrogen-bond acceptors (Lipinski definition) is 16. The highest BCUT2D eigenvalue weighted by Gasteiger charge is 2.49. The monoisotopic (exact) mass is 1230 g/mol. The number of nitrogens with one attached hydrogen (secondary N) is 5. The fourth-order valence-electron chi connectivity index (χ4n) is 11.0. The van der Waals surface area contributed by atoms with Crippen LogP contribution < -0.4 is 31.3 Å². The van der Waals surface area contributed by atoms with Crippen molar-refractivity contribution in [3.8, 4) is 34.3 Å². The molecule has 0 bridgehead atoms. The molecule has 4 aromatic carbocycles. The second-order valence-corrected chi connectivity index (χ2v) is 24.4. The van der Waals surface area contributed by atoms with Crippen molar-refractivity contribution in [1.82, 2.24) is 51.1 Å². The van der Waals surface area contributed by atoms with E-state index in [2.05, 4.69) is 41.9 Å². The number of aromatic hydroxyl groups is 2. The Bertz CT molecular complexity index is 3230. The fraction of sp³-hybridized carbons (Fsp3) is 0.500. The van der Waals surface area contributed by atoms with Gasteiger partial charge in [-0.25, -0.2) is 4.79 Å². The summed E-state index contributed by atoms with van der Waals surface area (Å²) < 4.78 is 19.3. The summed E-state index contributed by atoms with van der Waals surface area (Å²) in [4.78, 5) is 93.6. The molecular formula is C66H87N11O12. The number of morpholine rings is 1. The molecule has 7 N–H and O–H groups in total. The molecule has 3 saturated heterocycles. The first-order valence-corrected chi connectivity index (χ1v) is 31.0. The third-order valence-corrected chi connectivity index (χ3v) is 15.9. The van der Waals surface area contributed by atoms with Gasteiger partial charge in [0, 0.05) is 63.7 Å². The summed E-state index contributed by atoms with van der Waals surface area (Å²) >= 11 is 0. The van der Waals surface area contributed by atoms with E-state index in [4.69, 9.17) is 19.0 Å². The average molecular weight is 1230 g/mol. The van der Waals surface area contributed by atoms with Crippen molar-refractivity contribution in [3.05, 3.63) is 120 Å². The molecule has 23 nitrogen and oxygen atoms in total. The van der Waals surface area contributed by atoms with Gasteiger partial charge in [-0.15, -0.1) is 10.2 Å². The molecule has 6 amide bonds. The minimum absolute atomic E-state index is 0.00222. The van der Waals surface area contributed by atoms with Gasteiger partial charge in [-0.3, -0.25) is 38.3 Å². The van der Waals surface area contributed by atoms with Gasteiger partial charge in [0.25, 0.3) is 5.91 Å². The van der Waals surface area contributed by atoms with E-state index in [-0.39, 0.29) is 104 Å². The summed E-state index contributed by atoms with van der Waals surface area (Å²) in [5.41, 5.74) is 2.49. The Labute approximate surface area is 520 Å². The van der Waals surface area contributed by atoms with Gasteiger partial charge in [0.15, 0.2) is 5.82 Å². The molecule has 89 heavy (non-hydrogen) atoms. The molecule has 0 saturated carbocycles. The van der Waals surface area contributed by atoms with E-state index < -0.39 is 59.5 Å². The maximum atomic E-state index is 14.9. The lowest BCUT2D eigenvalue weighted by atomic mass is 9.92. The number of nitrogens with zero attached hydrogens (tertiary/aromatic N) is 6. The third-order valence-electron chi connectivity index (χ3n) is 15.9.